The van der Waals surface area contributed by atoms with E-state index in [1.54, 1.807) is 54.6 Å². The number of ether oxygens (including phenoxy) is 1. The van der Waals surface area contributed by atoms with Crippen molar-refractivity contribution in [1.82, 2.24) is 5.32 Å². The molecule has 0 aliphatic carbocycles. The Morgan fingerprint density at radius 3 is 2.21 bits per heavy atom. The molecule has 0 spiro atoms. The van der Waals surface area contributed by atoms with Crippen molar-refractivity contribution in [2.45, 2.75) is 25.7 Å². The smallest absolute Gasteiger partial charge is 0.367 e. The molecule has 0 aromatic heterocycles. The third kappa shape index (κ3) is 7.47. The average Bonchev–Trinajstić information content (AvgIpc) is 2.79. The molecule has 3 aromatic rings. The van der Waals surface area contributed by atoms with Gasteiger partial charge in [0, 0.05) is 16.8 Å². The van der Waals surface area contributed by atoms with Crippen molar-refractivity contribution < 1.29 is 27.5 Å². The zero-order valence-electron chi connectivity index (χ0n) is 17.9. The first kappa shape index (κ1) is 24.0. The Balaban J connectivity index is 1.57. The van der Waals surface area contributed by atoms with Gasteiger partial charge < -0.3 is 15.4 Å². The van der Waals surface area contributed by atoms with Gasteiger partial charge in [-0.15, -0.1) is 0 Å². The van der Waals surface area contributed by atoms with Gasteiger partial charge in [0.05, 0.1) is 12.6 Å². The van der Waals surface area contributed by atoms with Gasteiger partial charge in [0.1, 0.15) is 6.61 Å². The van der Waals surface area contributed by atoms with E-state index in [1.165, 1.54) is 12.1 Å². The van der Waals surface area contributed by atoms with Crippen LogP contribution in [0.5, 0.6) is 0 Å². The molecule has 2 amide bonds. The number of rotatable bonds is 8. The standard InChI is InChI=1S/C25H23F3N2O3/c1-17(21-8-5-9-22(14-21)30-24(32)19-6-3-2-4-7-19)29-23(31)20-12-10-18(11-13-20)15-33-16-25(26,27)28/h2-14,17H,15-16H2,1H3,(H,29,31)(H,30,32). The van der Waals surface area contributed by atoms with Gasteiger partial charge in [0.2, 0.25) is 0 Å². The highest BCUT2D eigenvalue weighted by atomic mass is 19.4. The van der Waals surface area contributed by atoms with Crippen LogP contribution in [0, 0.1) is 0 Å². The number of anilines is 1. The lowest BCUT2D eigenvalue weighted by Crippen LogP contribution is -2.26. The van der Waals surface area contributed by atoms with Crippen LogP contribution in [0.2, 0.25) is 0 Å². The lowest BCUT2D eigenvalue weighted by atomic mass is 10.1. The Hall–Kier alpha value is -3.65. The lowest BCUT2D eigenvalue weighted by molar-refractivity contribution is -0.176. The SMILES string of the molecule is CC(NC(=O)c1ccc(COCC(F)(F)F)cc1)c1cccc(NC(=O)c2ccccc2)c1. The van der Waals surface area contributed by atoms with Crippen molar-refractivity contribution in [3.8, 4) is 0 Å². The molecule has 3 aromatic carbocycles. The van der Waals surface area contributed by atoms with Crippen LogP contribution in [-0.4, -0.2) is 24.6 Å². The van der Waals surface area contributed by atoms with E-state index in [0.29, 0.717) is 22.4 Å². The summed E-state index contributed by atoms with van der Waals surface area (Å²) in [6.07, 6.45) is -4.38. The number of hydrogen-bond donors (Lipinski definition) is 2. The van der Waals surface area contributed by atoms with Gasteiger partial charge in [-0.05, 0) is 54.4 Å². The van der Waals surface area contributed by atoms with Crippen LogP contribution in [-0.2, 0) is 11.3 Å². The zero-order chi connectivity index (χ0) is 23.8. The molecule has 0 fully saturated rings. The molecule has 0 bridgehead atoms. The van der Waals surface area contributed by atoms with Crippen LogP contribution in [0.4, 0.5) is 18.9 Å². The number of hydrogen-bond acceptors (Lipinski definition) is 3. The minimum Gasteiger partial charge on any atom is -0.367 e. The Morgan fingerprint density at radius 1 is 0.879 bits per heavy atom. The minimum atomic E-state index is -4.38. The van der Waals surface area contributed by atoms with Gasteiger partial charge in [-0.1, -0.05) is 42.5 Å². The number of benzene rings is 3. The second-order valence-corrected chi connectivity index (χ2v) is 7.45. The van der Waals surface area contributed by atoms with Gasteiger partial charge in [-0.2, -0.15) is 13.2 Å². The Bertz CT molecular complexity index is 1080. The Morgan fingerprint density at radius 2 is 1.55 bits per heavy atom. The van der Waals surface area contributed by atoms with E-state index in [2.05, 4.69) is 15.4 Å². The Labute approximate surface area is 189 Å². The number of halogens is 3. The van der Waals surface area contributed by atoms with E-state index in [9.17, 15) is 22.8 Å². The predicted octanol–water partition coefficient (Wildman–Crippen LogP) is 5.51. The molecule has 1 atom stereocenters. The summed E-state index contributed by atoms with van der Waals surface area (Å²) in [5.41, 5.74) is 2.84. The number of carbonyl (C=O) groups is 2. The first-order valence-electron chi connectivity index (χ1n) is 10.2. The van der Waals surface area contributed by atoms with Gasteiger partial charge >= 0.3 is 6.18 Å². The number of alkyl halides is 3. The summed E-state index contributed by atoms with van der Waals surface area (Å²) in [6.45, 7) is 0.298. The monoisotopic (exact) mass is 456 g/mol. The molecule has 3 rings (SSSR count). The van der Waals surface area contributed by atoms with Crippen molar-refractivity contribution in [2.75, 3.05) is 11.9 Å². The molecule has 5 nitrogen and oxygen atoms in total. The fraction of sp³-hybridized carbons (Fsp3) is 0.200. The summed E-state index contributed by atoms with van der Waals surface area (Å²) in [7, 11) is 0. The maximum absolute atomic E-state index is 12.6. The van der Waals surface area contributed by atoms with Crippen molar-refractivity contribution in [1.29, 1.82) is 0 Å². The van der Waals surface area contributed by atoms with Gasteiger partial charge in [0.25, 0.3) is 11.8 Å². The van der Waals surface area contributed by atoms with Gasteiger partial charge in [-0.25, -0.2) is 0 Å². The third-order valence-electron chi connectivity index (χ3n) is 4.78. The Kier molecular flexibility index (Phi) is 7.84. The predicted molar refractivity (Wildman–Crippen MR) is 119 cm³/mol. The number of carbonyl (C=O) groups excluding carboxylic acids is 2. The van der Waals surface area contributed by atoms with Crippen molar-refractivity contribution >= 4 is 17.5 Å². The van der Waals surface area contributed by atoms with Crippen LogP contribution < -0.4 is 10.6 Å². The van der Waals surface area contributed by atoms with Crippen molar-refractivity contribution in [3.63, 3.8) is 0 Å². The van der Waals surface area contributed by atoms with Crippen molar-refractivity contribution in [3.05, 3.63) is 101 Å². The second-order valence-electron chi connectivity index (χ2n) is 7.45. The summed E-state index contributed by atoms with van der Waals surface area (Å²) in [5, 5.41) is 5.71. The molecule has 8 heteroatoms. The first-order chi connectivity index (χ1) is 15.7. The molecule has 0 heterocycles. The zero-order valence-corrected chi connectivity index (χ0v) is 17.9. The third-order valence-corrected chi connectivity index (χ3v) is 4.78. The van der Waals surface area contributed by atoms with E-state index >= 15 is 0 Å². The fourth-order valence-electron chi connectivity index (χ4n) is 3.08. The summed E-state index contributed by atoms with van der Waals surface area (Å²) < 4.78 is 41.1. The molecule has 0 saturated carbocycles. The second kappa shape index (κ2) is 10.8. The maximum Gasteiger partial charge on any atom is 0.411 e. The summed E-state index contributed by atoms with van der Waals surface area (Å²) in [5.74, 6) is -0.562. The van der Waals surface area contributed by atoms with Crippen molar-refractivity contribution in [2.24, 2.45) is 0 Å². The van der Waals surface area contributed by atoms with Crippen LogP contribution in [0.3, 0.4) is 0 Å². The molecule has 33 heavy (non-hydrogen) atoms. The topological polar surface area (TPSA) is 67.4 Å². The van der Waals surface area contributed by atoms with Gasteiger partial charge in [0.15, 0.2) is 0 Å². The number of amides is 2. The number of nitrogens with one attached hydrogen (secondary N) is 2. The summed E-state index contributed by atoms with van der Waals surface area (Å²) >= 11 is 0. The highest BCUT2D eigenvalue weighted by Crippen LogP contribution is 2.19. The highest BCUT2D eigenvalue weighted by Gasteiger charge is 2.27. The van der Waals surface area contributed by atoms with Crippen LogP contribution >= 0.6 is 0 Å². The van der Waals surface area contributed by atoms with E-state index in [4.69, 9.17) is 0 Å². The molecular formula is C25H23F3N2O3. The highest BCUT2D eigenvalue weighted by molar-refractivity contribution is 6.04. The quantitative estimate of drug-likeness (QED) is 0.470. The molecular weight excluding hydrogens is 433 g/mol. The van der Waals surface area contributed by atoms with E-state index < -0.39 is 12.8 Å². The molecule has 0 aliphatic rings. The first-order valence-corrected chi connectivity index (χ1v) is 10.2. The molecule has 0 aliphatic heterocycles. The van der Waals surface area contributed by atoms with E-state index in [1.807, 2.05) is 19.1 Å². The largest absolute Gasteiger partial charge is 0.411 e. The molecule has 1 unspecified atom stereocenters. The molecule has 172 valence electrons. The average molecular weight is 456 g/mol. The van der Waals surface area contributed by atoms with Gasteiger partial charge in [-0.3, -0.25) is 9.59 Å². The summed E-state index contributed by atoms with van der Waals surface area (Å²) in [6, 6.07) is 21.8. The molecule has 2 N–H and O–H groups in total. The molecule has 0 radical (unpaired) electrons. The van der Waals surface area contributed by atoms with Crippen LogP contribution in [0.25, 0.3) is 0 Å². The van der Waals surface area contributed by atoms with E-state index in [-0.39, 0.29) is 24.5 Å². The van der Waals surface area contributed by atoms with Crippen LogP contribution in [0.15, 0.2) is 78.9 Å². The fourth-order valence-corrected chi connectivity index (χ4v) is 3.08. The normalized spacial score (nSPS) is 12.1. The van der Waals surface area contributed by atoms with E-state index in [0.717, 1.165) is 5.56 Å². The molecule has 0 saturated heterocycles. The van der Waals surface area contributed by atoms with Crippen LogP contribution in [0.1, 0.15) is 44.8 Å². The summed E-state index contributed by atoms with van der Waals surface area (Å²) in [4.78, 5) is 24.9. The minimum absolute atomic E-state index is 0.195. The lowest BCUT2D eigenvalue weighted by Gasteiger charge is -2.16. The maximum atomic E-state index is 12.6.